The standard InChI is InChI=1S/C22H22N2O7S2/c25-22(31-14-16-13-30-21(23-16)20-2-1-11-32-20)15-5-7-24(8-6-15)33(26,27)17-3-4-18-19(12-17)29-10-9-28-18/h1-4,11-13,15H,5-10,14H2. The van der Waals surface area contributed by atoms with Crippen LogP contribution in [0, 0.1) is 5.92 Å². The molecule has 0 saturated carbocycles. The first kappa shape index (κ1) is 21.9. The van der Waals surface area contributed by atoms with E-state index in [1.165, 1.54) is 34.0 Å². The molecule has 11 heteroatoms. The van der Waals surface area contributed by atoms with Crippen molar-refractivity contribution in [2.24, 2.45) is 5.92 Å². The Morgan fingerprint density at radius 3 is 2.70 bits per heavy atom. The number of oxazole rings is 1. The van der Waals surface area contributed by atoms with Gasteiger partial charge in [-0.25, -0.2) is 13.4 Å². The fraction of sp³-hybridized carbons (Fsp3) is 0.364. The number of hydrogen-bond donors (Lipinski definition) is 0. The molecule has 1 fully saturated rings. The van der Waals surface area contributed by atoms with Crippen LogP contribution in [0.15, 0.2) is 51.3 Å². The molecule has 2 aliphatic rings. The molecule has 0 radical (unpaired) electrons. The molecule has 4 heterocycles. The third-order valence-electron chi connectivity index (χ3n) is 5.58. The lowest BCUT2D eigenvalue weighted by Crippen LogP contribution is -2.40. The maximum atomic E-state index is 13.1. The van der Waals surface area contributed by atoms with Crippen molar-refractivity contribution in [2.75, 3.05) is 26.3 Å². The summed E-state index contributed by atoms with van der Waals surface area (Å²) in [5.41, 5.74) is 0.533. The van der Waals surface area contributed by atoms with Gasteiger partial charge in [0.2, 0.25) is 15.9 Å². The summed E-state index contributed by atoms with van der Waals surface area (Å²) in [6.07, 6.45) is 2.26. The molecule has 1 aromatic carbocycles. The van der Waals surface area contributed by atoms with Crippen molar-refractivity contribution in [1.82, 2.24) is 9.29 Å². The van der Waals surface area contributed by atoms with E-state index < -0.39 is 10.0 Å². The lowest BCUT2D eigenvalue weighted by Gasteiger charge is -2.30. The van der Waals surface area contributed by atoms with Gasteiger partial charge in [0.15, 0.2) is 11.5 Å². The number of ether oxygens (including phenoxy) is 3. The van der Waals surface area contributed by atoms with Crippen LogP contribution in [0.5, 0.6) is 11.5 Å². The largest absolute Gasteiger partial charge is 0.486 e. The van der Waals surface area contributed by atoms with Gasteiger partial charge in [-0.05, 0) is 36.4 Å². The Labute approximate surface area is 194 Å². The van der Waals surface area contributed by atoms with E-state index in [2.05, 4.69) is 4.98 Å². The number of rotatable bonds is 6. The second-order valence-corrected chi connectivity index (χ2v) is 10.6. The number of benzene rings is 1. The lowest BCUT2D eigenvalue weighted by molar-refractivity contribution is -0.151. The van der Waals surface area contributed by atoms with E-state index in [1.807, 2.05) is 17.5 Å². The van der Waals surface area contributed by atoms with Crippen molar-refractivity contribution in [1.29, 1.82) is 0 Å². The van der Waals surface area contributed by atoms with Crippen LogP contribution in [0.3, 0.4) is 0 Å². The zero-order valence-electron chi connectivity index (χ0n) is 17.6. The number of piperidine rings is 1. The van der Waals surface area contributed by atoms with Gasteiger partial charge in [0.25, 0.3) is 0 Å². The van der Waals surface area contributed by atoms with E-state index >= 15 is 0 Å². The van der Waals surface area contributed by atoms with Crippen LogP contribution in [0.4, 0.5) is 0 Å². The maximum absolute atomic E-state index is 13.1. The lowest BCUT2D eigenvalue weighted by atomic mass is 9.98. The molecule has 1 saturated heterocycles. The van der Waals surface area contributed by atoms with Crippen LogP contribution < -0.4 is 9.47 Å². The van der Waals surface area contributed by atoms with Crippen LogP contribution in [0.25, 0.3) is 10.8 Å². The molecule has 33 heavy (non-hydrogen) atoms. The third kappa shape index (κ3) is 4.61. The van der Waals surface area contributed by atoms with E-state index in [0.717, 1.165) is 4.88 Å². The predicted octanol–water partition coefficient (Wildman–Crippen LogP) is 3.32. The van der Waals surface area contributed by atoms with Crippen molar-refractivity contribution < 1.29 is 31.8 Å². The normalized spacial score (nSPS) is 17.1. The van der Waals surface area contributed by atoms with Gasteiger partial charge >= 0.3 is 5.97 Å². The Hall–Kier alpha value is -2.89. The molecular formula is C22H22N2O7S2. The van der Waals surface area contributed by atoms with E-state index in [0.29, 0.717) is 49.1 Å². The number of esters is 1. The first-order valence-electron chi connectivity index (χ1n) is 10.6. The second kappa shape index (κ2) is 9.16. The SMILES string of the molecule is O=C(OCc1coc(-c2cccs2)n1)C1CCN(S(=O)(=O)c2ccc3c(c2)OCCO3)CC1. The van der Waals surface area contributed by atoms with Crippen molar-refractivity contribution in [2.45, 2.75) is 24.3 Å². The minimum atomic E-state index is -3.69. The summed E-state index contributed by atoms with van der Waals surface area (Å²) in [5.74, 6) is 0.744. The number of carbonyl (C=O) groups is 1. The quantitative estimate of drug-likeness (QED) is 0.484. The minimum absolute atomic E-state index is 0.0173. The van der Waals surface area contributed by atoms with Crippen LogP contribution >= 0.6 is 11.3 Å². The maximum Gasteiger partial charge on any atom is 0.309 e. The molecule has 0 atom stereocenters. The number of nitrogens with zero attached hydrogens (tertiary/aromatic N) is 2. The zero-order chi connectivity index (χ0) is 22.8. The molecule has 0 amide bonds. The molecule has 5 rings (SSSR count). The number of carbonyl (C=O) groups excluding carboxylic acids is 1. The molecule has 0 unspecified atom stereocenters. The molecule has 0 N–H and O–H groups in total. The topological polar surface area (TPSA) is 108 Å². The summed E-state index contributed by atoms with van der Waals surface area (Å²) in [4.78, 5) is 17.9. The number of hydrogen-bond acceptors (Lipinski definition) is 9. The Bertz CT molecular complexity index is 1230. The average molecular weight is 491 g/mol. The summed E-state index contributed by atoms with van der Waals surface area (Å²) >= 11 is 1.51. The zero-order valence-corrected chi connectivity index (χ0v) is 19.3. The molecule has 2 aliphatic heterocycles. The monoisotopic (exact) mass is 490 g/mol. The Morgan fingerprint density at radius 2 is 1.94 bits per heavy atom. The van der Waals surface area contributed by atoms with Crippen LogP contribution in [-0.2, 0) is 26.2 Å². The van der Waals surface area contributed by atoms with Crippen molar-refractivity contribution in [3.63, 3.8) is 0 Å². The molecule has 0 aliphatic carbocycles. The van der Waals surface area contributed by atoms with Gasteiger partial charge in [-0.2, -0.15) is 4.31 Å². The van der Waals surface area contributed by atoms with Crippen molar-refractivity contribution in [3.05, 3.63) is 47.7 Å². The minimum Gasteiger partial charge on any atom is -0.486 e. The predicted molar refractivity (Wildman–Crippen MR) is 119 cm³/mol. The van der Waals surface area contributed by atoms with Gasteiger partial charge in [0, 0.05) is 19.2 Å². The summed E-state index contributed by atoms with van der Waals surface area (Å²) in [6.45, 7) is 1.32. The fourth-order valence-electron chi connectivity index (χ4n) is 3.81. The number of thiophene rings is 1. The molecule has 174 valence electrons. The molecule has 3 aromatic rings. The molecule has 0 bridgehead atoms. The number of aromatic nitrogens is 1. The average Bonchev–Trinajstić information content (AvgIpc) is 3.54. The van der Waals surface area contributed by atoms with Gasteiger partial charge in [-0.1, -0.05) is 6.07 Å². The second-order valence-electron chi connectivity index (χ2n) is 7.71. The highest BCUT2D eigenvalue weighted by molar-refractivity contribution is 7.89. The fourth-order valence-corrected chi connectivity index (χ4v) is 5.96. The van der Waals surface area contributed by atoms with Gasteiger partial charge in [-0.15, -0.1) is 11.3 Å². The highest BCUT2D eigenvalue weighted by Gasteiger charge is 2.33. The first-order chi connectivity index (χ1) is 16.0. The van der Waals surface area contributed by atoms with Crippen LogP contribution in [0.2, 0.25) is 0 Å². The summed E-state index contributed by atoms with van der Waals surface area (Å²) in [7, 11) is -3.69. The van der Waals surface area contributed by atoms with Crippen molar-refractivity contribution >= 4 is 27.3 Å². The summed E-state index contributed by atoms with van der Waals surface area (Å²) < 4.78 is 49.3. The Balaban J connectivity index is 1.15. The summed E-state index contributed by atoms with van der Waals surface area (Å²) in [5, 5.41) is 1.93. The first-order valence-corrected chi connectivity index (χ1v) is 12.9. The smallest absolute Gasteiger partial charge is 0.309 e. The van der Waals surface area contributed by atoms with Crippen LogP contribution in [-0.4, -0.2) is 50.0 Å². The van der Waals surface area contributed by atoms with Gasteiger partial charge in [-0.3, -0.25) is 4.79 Å². The number of fused-ring (bicyclic) bond motifs is 1. The molecule has 9 nitrogen and oxygen atoms in total. The van der Waals surface area contributed by atoms with E-state index in [1.54, 1.807) is 6.07 Å². The highest BCUT2D eigenvalue weighted by atomic mass is 32.2. The molecular weight excluding hydrogens is 468 g/mol. The van der Waals surface area contributed by atoms with Gasteiger partial charge < -0.3 is 18.6 Å². The van der Waals surface area contributed by atoms with E-state index in [4.69, 9.17) is 18.6 Å². The van der Waals surface area contributed by atoms with Crippen LogP contribution in [0.1, 0.15) is 18.5 Å². The third-order valence-corrected chi connectivity index (χ3v) is 8.34. The Morgan fingerprint density at radius 1 is 1.15 bits per heavy atom. The number of sulfonamides is 1. The Kier molecular flexibility index (Phi) is 6.09. The van der Waals surface area contributed by atoms with E-state index in [-0.39, 0.29) is 36.5 Å². The van der Waals surface area contributed by atoms with Gasteiger partial charge in [0.05, 0.1) is 15.7 Å². The molecule has 0 spiro atoms. The van der Waals surface area contributed by atoms with E-state index in [9.17, 15) is 13.2 Å². The summed E-state index contributed by atoms with van der Waals surface area (Å²) in [6, 6.07) is 8.43. The molecule has 2 aromatic heterocycles. The van der Waals surface area contributed by atoms with Crippen molar-refractivity contribution in [3.8, 4) is 22.3 Å². The highest BCUT2D eigenvalue weighted by Crippen LogP contribution is 2.34. The van der Waals surface area contributed by atoms with Gasteiger partial charge in [0.1, 0.15) is 31.8 Å².